The van der Waals surface area contributed by atoms with Crippen LogP contribution in [0, 0.1) is 22.7 Å². The minimum absolute atomic E-state index is 0.0507. The standard InChI is InChI=1S/C25H24O4/c1-15(26)29-19-14-18-21(27)24(3)20(22(28)23(18,19)2)25(24,16-10-6-4-7-11-16)17-12-8-5-9-13-17/h4-13,18-20H,14H2,1-3H3/t18-,19-,20+,23+,24+/m0/s1. The Morgan fingerprint density at radius 1 is 0.897 bits per heavy atom. The molecule has 0 amide bonds. The van der Waals surface area contributed by atoms with Crippen molar-refractivity contribution < 1.29 is 19.1 Å². The molecule has 29 heavy (non-hydrogen) atoms. The highest BCUT2D eigenvalue weighted by Crippen LogP contribution is 2.80. The van der Waals surface area contributed by atoms with E-state index in [0.717, 1.165) is 11.1 Å². The second-order valence-electron chi connectivity index (χ2n) is 9.07. The highest BCUT2D eigenvalue weighted by molar-refractivity contribution is 6.13. The third kappa shape index (κ3) is 1.92. The van der Waals surface area contributed by atoms with Crippen molar-refractivity contribution in [2.45, 2.75) is 38.7 Å². The number of ether oxygens (including phenoxy) is 1. The quantitative estimate of drug-likeness (QED) is 0.752. The molecule has 2 aromatic carbocycles. The van der Waals surface area contributed by atoms with E-state index in [0.29, 0.717) is 6.42 Å². The fourth-order valence-electron chi connectivity index (χ4n) is 6.44. The monoisotopic (exact) mass is 388 g/mol. The number of benzene rings is 2. The molecule has 4 nitrogen and oxygen atoms in total. The van der Waals surface area contributed by atoms with Gasteiger partial charge in [0.2, 0.25) is 0 Å². The van der Waals surface area contributed by atoms with Crippen LogP contribution in [0.15, 0.2) is 60.7 Å². The second-order valence-corrected chi connectivity index (χ2v) is 9.07. The maximum Gasteiger partial charge on any atom is 0.302 e. The van der Waals surface area contributed by atoms with Crippen LogP contribution in [0.1, 0.15) is 38.3 Å². The van der Waals surface area contributed by atoms with Crippen molar-refractivity contribution in [3.63, 3.8) is 0 Å². The Morgan fingerprint density at radius 3 is 1.90 bits per heavy atom. The molecular weight excluding hydrogens is 364 g/mol. The minimum Gasteiger partial charge on any atom is -0.461 e. The molecular formula is C25H24O4. The molecule has 148 valence electrons. The van der Waals surface area contributed by atoms with Gasteiger partial charge in [-0.25, -0.2) is 0 Å². The van der Waals surface area contributed by atoms with Crippen molar-refractivity contribution in [1.82, 2.24) is 0 Å². The van der Waals surface area contributed by atoms with Crippen LogP contribution in [0.5, 0.6) is 0 Å². The van der Waals surface area contributed by atoms with Gasteiger partial charge in [-0.2, -0.15) is 0 Å². The Balaban J connectivity index is 1.70. The van der Waals surface area contributed by atoms with E-state index in [-0.39, 0.29) is 11.6 Å². The number of fused-ring (bicyclic) bond motifs is 2. The predicted molar refractivity (Wildman–Crippen MR) is 107 cm³/mol. The van der Waals surface area contributed by atoms with Gasteiger partial charge in [-0.1, -0.05) is 67.6 Å². The summed E-state index contributed by atoms with van der Waals surface area (Å²) in [5.41, 5.74) is -0.398. The van der Waals surface area contributed by atoms with Crippen molar-refractivity contribution in [3.8, 4) is 0 Å². The van der Waals surface area contributed by atoms with E-state index in [4.69, 9.17) is 4.74 Å². The number of carbonyl (C=O) groups excluding carboxylic acids is 3. The first kappa shape index (κ1) is 18.3. The summed E-state index contributed by atoms with van der Waals surface area (Å²) in [5.74, 6) is -1.08. The zero-order valence-electron chi connectivity index (χ0n) is 16.8. The molecule has 0 bridgehead atoms. The van der Waals surface area contributed by atoms with E-state index in [1.807, 2.05) is 74.5 Å². The molecule has 0 heterocycles. The molecule has 0 aromatic heterocycles. The van der Waals surface area contributed by atoms with Crippen molar-refractivity contribution in [2.75, 3.05) is 0 Å². The third-order valence-corrected chi connectivity index (χ3v) is 7.98. The SMILES string of the molecule is CC(=O)O[C@H]1C[C@H]2C(=O)[C@@]3(C)[C@@H](C(=O)[C@@]12C)C3(c1ccccc1)c1ccccc1. The smallest absolute Gasteiger partial charge is 0.302 e. The molecule has 3 saturated carbocycles. The molecule has 0 unspecified atom stereocenters. The van der Waals surface area contributed by atoms with E-state index in [2.05, 4.69) is 0 Å². The van der Waals surface area contributed by atoms with Crippen LogP contribution in [0.2, 0.25) is 0 Å². The lowest BCUT2D eigenvalue weighted by Gasteiger charge is -2.53. The number of hydrogen-bond acceptors (Lipinski definition) is 4. The zero-order valence-corrected chi connectivity index (χ0v) is 16.8. The predicted octanol–water partition coefficient (Wildman–Crippen LogP) is 3.72. The van der Waals surface area contributed by atoms with E-state index in [9.17, 15) is 14.4 Å². The van der Waals surface area contributed by atoms with Gasteiger partial charge in [0.25, 0.3) is 0 Å². The first-order chi connectivity index (χ1) is 13.8. The summed E-state index contributed by atoms with van der Waals surface area (Å²) in [6, 6.07) is 19.8. The molecule has 0 spiro atoms. The molecule has 0 saturated heterocycles. The normalized spacial score (nSPS) is 36.4. The molecule has 5 rings (SSSR count). The Morgan fingerprint density at radius 2 is 1.41 bits per heavy atom. The highest BCUT2D eigenvalue weighted by Gasteiger charge is 2.88. The first-order valence-corrected chi connectivity index (χ1v) is 10.2. The molecule has 2 aromatic rings. The number of hydrogen-bond donors (Lipinski definition) is 0. The third-order valence-electron chi connectivity index (χ3n) is 7.98. The van der Waals surface area contributed by atoms with Gasteiger partial charge in [0.15, 0.2) is 0 Å². The van der Waals surface area contributed by atoms with Gasteiger partial charge in [0, 0.05) is 24.2 Å². The van der Waals surface area contributed by atoms with Gasteiger partial charge in [-0.3, -0.25) is 14.4 Å². The maximum atomic E-state index is 13.9. The number of Topliss-reactive ketones (excluding diaryl/α,β-unsaturated/α-hetero) is 2. The lowest BCUT2D eigenvalue weighted by molar-refractivity contribution is -0.192. The van der Waals surface area contributed by atoms with Crippen molar-refractivity contribution >= 4 is 17.5 Å². The molecule has 0 N–H and O–H groups in total. The van der Waals surface area contributed by atoms with Crippen LogP contribution in [-0.4, -0.2) is 23.6 Å². The summed E-state index contributed by atoms with van der Waals surface area (Å²) in [5, 5.41) is 0. The van der Waals surface area contributed by atoms with Gasteiger partial charge in [0.05, 0.1) is 10.8 Å². The summed E-state index contributed by atoms with van der Waals surface area (Å²) in [6.07, 6.45) is -0.0846. The summed E-state index contributed by atoms with van der Waals surface area (Å²) in [4.78, 5) is 39.3. The van der Waals surface area contributed by atoms with E-state index in [1.54, 1.807) is 0 Å². The number of ketones is 2. The molecule has 3 fully saturated rings. The average molecular weight is 388 g/mol. The molecule has 3 aliphatic carbocycles. The van der Waals surface area contributed by atoms with Gasteiger partial charge >= 0.3 is 5.97 Å². The van der Waals surface area contributed by atoms with Crippen LogP contribution in [-0.2, 0) is 24.5 Å². The second kappa shape index (κ2) is 5.65. The molecule has 0 aliphatic heterocycles. The van der Waals surface area contributed by atoms with Crippen LogP contribution in [0.3, 0.4) is 0 Å². The lowest BCUT2D eigenvalue weighted by atomic mass is 9.50. The number of esters is 1. The molecule has 5 atom stereocenters. The van der Waals surface area contributed by atoms with E-state index in [1.165, 1.54) is 6.92 Å². The highest BCUT2D eigenvalue weighted by atomic mass is 16.5. The summed E-state index contributed by atoms with van der Waals surface area (Å²) in [6.45, 7) is 5.12. The Kier molecular flexibility index (Phi) is 3.57. The average Bonchev–Trinajstić information content (AvgIpc) is 3.32. The Labute approximate surface area is 170 Å². The van der Waals surface area contributed by atoms with Crippen molar-refractivity contribution in [3.05, 3.63) is 71.8 Å². The van der Waals surface area contributed by atoms with Gasteiger partial charge in [-0.05, 0) is 24.5 Å². The summed E-state index contributed by atoms with van der Waals surface area (Å²) in [7, 11) is 0. The summed E-state index contributed by atoms with van der Waals surface area (Å²) >= 11 is 0. The van der Waals surface area contributed by atoms with Gasteiger partial charge in [0.1, 0.15) is 17.7 Å². The molecule has 4 heteroatoms. The van der Waals surface area contributed by atoms with Crippen LogP contribution in [0.4, 0.5) is 0 Å². The fourth-order valence-corrected chi connectivity index (χ4v) is 6.44. The van der Waals surface area contributed by atoms with Gasteiger partial charge in [-0.15, -0.1) is 0 Å². The van der Waals surface area contributed by atoms with Gasteiger partial charge < -0.3 is 4.74 Å². The van der Waals surface area contributed by atoms with Crippen LogP contribution >= 0.6 is 0 Å². The van der Waals surface area contributed by atoms with Crippen molar-refractivity contribution in [2.24, 2.45) is 22.7 Å². The number of carbonyl (C=O) groups is 3. The van der Waals surface area contributed by atoms with E-state index >= 15 is 0 Å². The summed E-state index contributed by atoms with van der Waals surface area (Å²) < 4.78 is 5.44. The lowest BCUT2D eigenvalue weighted by Crippen LogP contribution is -2.64. The Bertz CT molecular complexity index is 988. The molecule has 3 aliphatic rings. The number of rotatable bonds is 3. The fraction of sp³-hybridized carbons (Fsp3) is 0.400. The zero-order chi connectivity index (χ0) is 20.6. The first-order valence-electron chi connectivity index (χ1n) is 10.2. The van der Waals surface area contributed by atoms with Crippen LogP contribution < -0.4 is 0 Å². The largest absolute Gasteiger partial charge is 0.461 e. The van der Waals surface area contributed by atoms with Crippen LogP contribution in [0.25, 0.3) is 0 Å². The van der Waals surface area contributed by atoms with Crippen molar-refractivity contribution in [1.29, 1.82) is 0 Å². The Hall–Kier alpha value is -2.75. The minimum atomic E-state index is -0.932. The maximum absolute atomic E-state index is 13.9. The topological polar surface area (TPSA) is 60.4 Å². The molecule has 0 radical (unpaired) electrons. The van der Waals surface area contributed by atoms with E-state index < -0.39 is 40.2 Å².